The van der Waals surface area contributed by atoms with Gasteiger partial charge in [0, 0.05) is 11.4 Å². The third-order valence-electron chi connectivity index (χ3n) is 4.35. The predicted molar refractivity (Wildman–Crippen MR) is 108 cm³/mol. The second kappa shape index (κ2) is 8.18. The van der Waals surface area contributed by atoms with E-state index >= 15 is 0 Å². The van der Waals surface area contributed by atoms with Crippen molar-refractivity contribution in [3.63, 3.8) is 0 Å². The largest absolute Gasteiger partial charge is 0.484 e. The van der Waals surface area contributed by atoms with E-state index in [1.807, 2.05) is 42.5 Å². The Morgan fingerprint density at radius 2 is 2.38 bits per heavy atom. The molecule has 7 heteroatoms. The van der Waals surface area contributed by atoms with Crippen LogP contribution in [0, 0.1) is 0 Å². The monoisotopic (exact) mass is 391 g/mol. The van der Waals surface area contributed by atoms with Crippen LogP contribution < -0.4 is 15.8 Å². The molecule has 5 nitrogen and oxygen atoms in total. The first-order chi connectivity index (χ1) is 12.4. The van der Waals surface area contributed by atoms with Crippen molar-refractivity contribution in [1.29, 1.82) is 0 Å². The summed E-state index contributed by atoms with van der Waals surface area (Å²) in [6.45, 7) is 2.01. The number of nitrogens with one attached hydrogen (secondary N) is 1. The number of allylic oxidation sites excluding steroid dienone is 3. The van der Waals surface area contributed by atoms with Crippen LogP contribution in [0.5, 0.6) is 5.75 Å². The van der Waals surface area contributed by atoms with E-state index in [9.17, 15) is 4.79 Å². The molecule has 138 valence electrons. The fourth-order valence-corrected chi connectivity index (χ4v) is 3.98. The van der Waals surface area contributed by atoms with Crippen LogP contribution in [0.3, 0.4) is 0 Å². The van der Waals surface area contributed by atoms with Crippen LogP contribution >= 0.6 is 23.4 Å². The van der Waals surface area contributed by atoms with Crippen molar-refractivity contribution in [3.05, 3.63) is 53.8 Å². The molecule has 3 N–H and O–H groups in total. The first kappa shape index (κ1) is 18.9. The molecular weight excluding hydrogens is 370 g/mol. The highest BCUT2D eigenvalue weighted by Gasteiger charge is 2.29. The van der Waals surface area contributed by atoms with Crippen molar-refractivity contribution in [1.82, 2.24) is 5.32 Å². The molecule has 1 heterocycles. The number of thioether (sulfide) groups is 1. The molecule has 0 bridgehead atoms. The Morgan fingerprint density at radius 3 is 3.12 bits per heavy atom. The van der Waals surface area contributed by atoms with E-state index in [-0.39, 0.29) is 23.4 Å². The van der Waals surface area contributed by atoms with Crippen LogP contribution in [0.2, 0.25) is 0 Å². The van der Waals surface area contributed by atoms with Gasteiger partial charge in [0.1, 0.15) is 5.75 Å². The van der Waals surface area contributed by atoms with E-state index in [0.717, 1.165) is 23.4 Å². The van der Waals surface area contributed by atoms with Crippen molar-refractivity contribution in [2.75, 3.05) is 12.4 Å². The average molecular weight is 392 g/mol. The SMILES string of the molecule is CC1(c2cccc(OCC(=O)NC3=CCC(Cl)C=C3)c2)CCSC(N)=N1. The highest BCUT2D eigenvalue weighted by atomic mass is 35.5. The first-order valence-electron chi connectivity index (χ1n) is 8.48. The minimum absolute atomic E-state index is 0.00844. The Morgan fingerprint density at radius 1 is 1.54 bits per heavy atom. The van der Waals surface area contributed by atoms with Crippen LogP contribution in [-0.4, -0.2) is 28.8 Å². The Kier molecular flexibility index (Phi) is 5.94. The van der Waals surface area contributed by atoms with Gasteiger partial charge in [-0.2, -0.15) is 0 Å². The average Bonchev–Trinajstić information content (AvgIpc) is 2.62. The number of amides is 1. The summed E-state index contributed by atoms with van der Waals surface area (Å²) >= 11 is 7.55. The molecule has 0 aromatic heterocycles. The van der Waals surface area contributed by atoms with Crippen LogP contribution in [0.1, 0.15) is 25.3 Å². The topological polar surface area (TPSA) is 76.7 Å². The van der Waals surface area contributed by atoms with Crippen molar-refractivity contribution in [2.45, 2.75) is 30.7 Å². The molecule has 2 unspecified atom stereocenters. The molecule has 1 amide bonds. The number of carbonyl (C=O) groups excluding carboxylic acids is 1. The molecule has 0 fully saturated rings. The maximum Gasteiger partial charge on any atom is 0.262 e. The lowest BCUT2D eigenvalue weighted by Gasteiger charge is -2.30. The van der Waals surface area contributed by atoms with Crippen molar-refractivity contribution < 1.29 is 9.53 Å². The lowest BCUT2D eigenvalue weighted by Crippen LogP contribution is -2.29. The van der Waals surface area contributed by atoms with Gasteiger partial charge >= 0.3 is 0 Å². The number of alkyl halides is 1. The standard InChI is InChI=1S/C19H22ClN3O2S/c1-19(9-10-26-18(21)23-19)13-3-2-4-16(11-13)25-12-17(24)22-15-7-5-14(20)6-8-15/h2-5,7-8,11,14H,6,9-10,12H2,1H3,(H2,21,23)(H,22,24). The van der Waals surface area contributed by atoms with E-state index in [0.29, 0.717) is 17.3 Å². The third-order valence-corrected chi connectivity index (χ3v) is 5.47. The van der Waals surface area contributed by atoms with Gasteiger partial charge in [-0.3, -0.25) is 9.79 Å². The fraction of sp³-hybridized carbons (Fsp3) is 0.368. The van der Waals surface area contributed by atoms with Crippen LogP contribution in [0.15, 0.2) is 53.2 Å². The maximum absolute atomic E-state index is 12.1. The van der Waals surface area contributed by atoms with E-state index in [4.69, 9.17) is 22.1 Å². The van der Waals surface area contributed by atoms with Crippen molar-refractivity contribution in [2.24, 2.45) is 10.7 Å². The zero-order valence-electron chi connectivity index (χ0n) is 14.6. The number of nitrogens with zero attached hydrogens (tertiary/aromatic N) is 1. The number of aliphatic imine (C=N–C) groups is 1. The first-order valence-corrected chi connectivity index (χ1v) is 9.90. The van der Waals surface area contributed by atoms with E-state index in [2.05, 4.69) is 17.2 Å². The second-order valence-corrected chi connectivity index (χ2v) is 8.13. The summed E-state index contributed by atoms with van der Waals surface area (Å²) in [5, 5.41) is 3.41. The molecular formula is C19H22ClN3O2S. The maximum atomic E-state index is 12.1. The van der Waals surface area contributed by atoms with E-state index in [1.165, 1.54) is 0 Å². The molecule has 0 spiro atoms. The van der Waals surface area contributed by atoms with Crippen LogP contribution in [0.4, 0.5) is 0 Å². The number of nitrogens with two attached hydrogens (primary N) is 1. The van der Waals surface area contributed by atoms with E-state index in [1.54, 1.807) is 11.8 Å². The molecule has 1 aromatic carbocycles. The zero-order valence-corrected chi connectivity index (χ0v) is 16.1. The fourth-order valence-electron chi connectivity index (χ4n) is 2.85. The van der Waals surface area contributed by atoms with Gasteiger partial charge in [-0.1, -0.05) is 36.0 Å². The zero-order chi connectivity index (χ0) is 18.6. The number of rotatable bonds is 5. The number of hydrogen-bond donors (Lipinski definition) is 2. The molecule has 1 aliphatic heterocycles. The Hall–Kier alpha value is -1.92. The van der Waals surface area contributed by atoms with Crippen LogP contribution in [0.25, 0.3) is 0 Å². The second-order valence-electron chi connectivity index (χ2n) is 6.46. The minimum atomic E-state index is -0.354. The summed E-state index contributed by atoms with van der Waals surface area (Å²) in [6.07, 6.45) is 7.18. The Bertz CT molecular complexity index is 778. The molecule has 0 radical (unpaired) electrons. The summed E-state index contributed by atoms with van der Waals surface area (Å²) in [5.74, 6) is 1.37. The number of ether oxygens (including phenoxy) is 1. The predicted octanol–water partition coefficient (Wildman–Crippen LogP) is 3.30. The third kappa shape index (κ3) is 4.83. The summed E-state index contributed by atoms with van der Waals surface area (Å²) in [5.41, 5.74) is 7.32. The summed E-state index contributed by atoms with van der Waals surface area (Å²) in [6, 6.07) is 7.69. The van der Waals surface area contributed by atoms with Gasteiger partial charge in [0.15, 0.2) is 11.8 Å². The molecule has 26 heavy (non-hydrogen) atoms. The molecule has 3 rings (SSSR count). The van der Waals surface area contributed by atoms with Gasteiger partial charge in [0.05, 0.1) is 10.9 Å². The smallest absolute Gasteiger partial charge is 0.262 e. The highest BCUT2D eigenvalue weighted by molar-refractivity contribution is 8.13. The molecule has 2 atom stereocenters. The lowest BCUT2D eigenvalue weighted by molar-refractivity contribution is -0.122. The summed E-state index contributed by atoms with van der Waals surface area (Å²) < 4.78 is 5.66. The summed E-state index contributed by atoms with van der Waals surface area (Å²) in [4.78, 5) is 16.7. The summed E-state index contributed by atoms with van der Waals surface area (Å²) in [7, 11) is 0. The van der Waals surface area contributed by atoms with E-state index < -0.39 is 0 Å². The van der Waals surface area contributed by atoms with Gasteiger partial charge in [0.25, 0.3) is 5.91 Å². The van der Waals surface area contributed by atoms with Gasteiger partial charge in [-0.05, 0) is 43.5 Å². The van der Waals surface area contributed by atoms with Gasteiger partial charge < -0.3 is 15.8 Å². The lowest BCUT2D eigenvalue weighted by atomic mass is 9.90. The number of halogens is 1. The molecule has 0 saturated carbocycles. The Balaban J connectivity index is 1.60. The Labute approximate surface area is 162 Å². The number of carbonyl (C=O) groups is 1. The molecule has 1 aromatic rings. The minimum Gasteiger partial charge on any atom is -0.484 e. The molecule has 1 aliphatic carbocycles. The van der Waals surface area contributed by atoms with Crippen molar-refractivity contribution >= 4 is 34.4 Å². The number of hydrogen-bond acceptors (Lipinski definition) is 5. The molecule has 2 aliphatic rings. The highest BCUT2D eigenvalue weighted by Crippen LogP contribution is 2.36. The normalized spacial score (nSPS) is 25.2. The van der Waals surface area contributed by atoms with Gasteiger partial charge in [-0.25, -0.2) is 0 Å². The van der Waals surface area contributed by atoms with Crippen LogP contribution in [-0.2, 0) is 10.3 Å². The van der Waals surface area contributed by atoms with Crippen molar-refractivity contribution in [3.8, 4) is 5.75 Å². The number of amidine groups is 1. The molecule has 0 saturated heterocycles. The quantitative estimate of drug-likeness (QED) is 0.755. The number of benzene rings is 1. The van der Waals surface area contributed by atoms with Gasteiger partial charge in [-0.15, -0.1) is 11.6 Å². The van der Waals surface area contributed by atoms with Gasteiger partial charge in [0.2, 0.25) is 0 Å².